The van der Waals surface area contributed by atoms with E-state index in [0.29, 0.717) is 11.1 Å². The first kappa shape index (κ1) is 23.5. The molecule has 0 saturated heterocycles. The third-order valence-corrected chi connectivity index (χ3v) is 5.53. The van der Waals surface area contributed by atoms with Crippen molar-refractivity contribution in [3.8, 4) is 0 Å². The van der Waals surface area contributed by atoms with E-state index < -0.39 is 11.9 Å². The van der Waals surface area contributed by atoms with E-state index in [4.69, 9.17) is 10.2 Å². The van der Waals surface area contributed by atoms with Crippen molar-refractivity contribution in [2.75, 3.05) is 0 Å². The quantitative estimate of drug-likeness (QED) is 0.250. The minimum atomic E-state index is -0.896. The molecule has 4 aromatic rings. The molecule has 0 spiro atoms. The summed E-state index contributed by atoms with van der Waals surface area (Å²) in [4.78, 5) is 21.4. The van der Waals surface area contributed by atoms with Gasteiger partial charge in [-0.3, -0.25) is 0 Å². The zero-order valence-corrected chi connectivity index (χ0v) is 22.3. The predicted octanol–water partition coefficient (Wildman–Crippen LogP) is 6.60. The van der Waals surface area contributed by atoms with Gasteiger partial charge in [-0.15, -0.1) is 0 Å². The van der Waals surface area contributed by atoms with Crippen molar-refractivity contribution in [3.63, 3.8) is 0 Å². The minimum Gasteiger partial charge on any atom is -0.478 e. The maximum absolute atomic E-state index is 10.7. The summed E-state index contributed by atoms with van der Waals surface area (Å²) in [5, 5.41) is 21.5. The van der Waals surface area contributed by atoms with E-state index in [-0.39, 0.29) is 27.3 Å². The summed E-state index contributed by atoms with van der Waals surface area (Å²) >= 11 is 6.82. The molecule has 0 fully saturated rings. The fraction of sp³-hybridized carbons (Fsp3) is 0. The van der Waals surface area contributed by atoms with Crippen LogP contribution in [0, 0.1) is 0 Å². The van der Waals surface area contributed by atoms with Gasteiger partial charge in [-0.2, -0.15) is 0 Å². The molecule has 0 saturated carbocycles. The second kappa shape index (κ2) is 10.3. The number of fused-ring (bicyclic) bond motifs is 2. The number of hydrogen-bond donors (Lipinski definition) is 2. The van der Waals surface area contributed by atoms with Crippen LogP contribution in [-0.4, -0.2) is 22.2 Å². The van der Waals surface area contributed by atoms with Gasteiger partial charge in [0.15, 0.2) is 0 Å². The molecule has 0 atom stereocenters. The van der Waals surface area contributed by atoms with Crippen LogP contribution in [-0.2, 0) is 27.3 Å². The molecule has 0 aliphatic carbocycles. The van der Waals surface area contributed by atoms with Crippen molar-refractivity contribution in [3.05, 3.63) is 92.9 Å². The normalized spacial score (nSPS) is 10.0. The fourth-order valence-electron chi connectivity index (χ4n) is 2.75. The Hall–Kier alpha value is -1.78. The standard InChI is InChI=1S/2C11H7BrO2.Cd/c2*12-10-3-1-2-7-6-8(11(13)14)4-5-9(7)10;/h2*1-6H,(H,13,14);. The average Bonchev–Trinajstić information content (AvgIpc) is 2.68. The largest absolute Gasteiger partial charge is 0.478 e. The Balaban J connectivity index is 0.000000200. The van der Waals surface area contributed by atoms with E-state index >= 15 is 0 Å². The molecule has 0 unspecified atom stereocenters. The first-order valence-corrected chi connectivity index (χ1v) is 9.78. The average molecular weight is 615 g/mol. The molecule has 0 aliphatic rings. The van der Waals surface area contributed by atoms with Gasteiger partial charge in [0.1, 0.15) is 0 Å². The molecule has 0 aromatic heterocycles. The summed E-state index contributed by atoms with van der Waals surface area (Å²) < 4.78 is 1.96. The molecule has 0 radical (unpaired) electrons. The van der Waals surface area contributed by atoms with Gasteiger partial charge < -0.3 is 10.2 Å². The van der Waals surface area contributed by atoms with Crippen LogP contribution in [0.3, 0.4) is 0 Å². The third kappa shape index (κ3) is 5.64. The van der Waals surface area contributed by atoms with Gasteiger partial charge in [0.2, 0.25) is 0 Å². The van der Waals surface area contributed by atoms with Crippen LogP contribution in [0.15, 0.2) is 81.7 Å². The molecule has 29 heavy (non-hydrogen) atoms. The Morgan fingerprint density at radius 3 is 1.34 bits per heavy atom. The fourth-order valence-corrected chi connectivity index (χ4v) is 3.78. The number of aromatic carboxylic acids is 2. The summed E-state index contributed by atoms with van der Waals surface area (Å²) in [5.41, 5.74) is 0.631. The van der Waals surface area contributed by atoms with E-state index in [0.717, 1.165) is 30.5 Å². The molecular weight excluding hydrogens is 600 g/mol. The van der Waals surface area contributed by atoms with Crippen molar-refractivity contribution in [2.24, 2.45) is 0 Å². The Bertz CT molecular complexity index is 1110. The van der Waals surface area contributed by atoms with Gasteiger partial charge in [0, 0.05) is 36.2 Å². The molecule has 142 valence electrons. The molecule has 4 aromatic carbocycles. The van der Waals surface area contributed by atoms with Crippen LogP contribution < -0.4 is 0 Å². The van der Waals surface area contributed by atoms with Crippen LogP contribution in [0.5, 0.6) is 0 Å². The second-order valence-electron chi connectivity index (χ2n) is 5.96. The number of rotatable bonds is 2. The topological polar surface area (TPSA) is 74.6 Å². The monoisotopic (exact) mass is 614 g/mol. The van der Waals surface area contributed by atoms with Crippen molar-refractivity contribution < 1.29 is 47.1 Å². The summed E-state index contributed by atoms with van der Waals surface area (Å²) in [6, 6.07) is 21.6. The SMILES string of the molecule is O=C(O)c1ccc2c(Br)cccc2c1.O=C(O)c1ccc2c(Br)cccc2c1.[Cd]. The van der Waals surface area contributed by atoms with Crippen molar-refractivity contribution in [1.29, 1.82) is 0 Å². The van der Waals surface area contributed by atoms with Crippen LogP contribution in [0.2, 0.25) is 0 Å². The summed E-state index contributed by atoms with van der Waals surface area (Å²) in [6.45, 7) is 0. The van der Waals surface area contributed by atoms with Gasteiger partial charge in [0.05, 0.1) is 11.1 Å². The van der Waals surface area contributed by atoms with Crippen molar-refractivity contribution >= 4 is 65.3 Å². The van der Waals surface area contributed by atoms with Crippen LogP contribution in [0.4, 0.5) is 0 Å². The maximum atomic E-state index is 10.7. The number of hydrogen-bond acceptors (Lipinski definition) is 2. The number of carboxylic acid groups (broad SMARTS) is 2. The van der Waals surface area contributed by atoms with Crippen molar-refractivity contribution in [2.45, 2.75) is 0 Å². The van der Waals surface area contributed by atoms with Gasteiger partial charge in [-0.1, -0.05) is 68.3 Å². The van der Waals surface area contributed by atoms with Crippen LogP contribution >= 0.6 is 31.9 Å². The molecule has 0 bridgehead atoms. The molecule has 0 amide bonds. The van der Waals surface area contributed by atoms with E-state index in [1.54, 1.807) is 24.3 Å². The Morgan fingerprint density at radius 1 is 0.621 bits per heavy atom. The van der Waals surface area contributed by atoms with Crippen molar-refractivity contribution in [1.82, 2.24) is 0 Å². The molecule has 4 nitrogen and oxygen atoms in total. The number of halogens is 2. The third-order valence-electron chi connectivity index (χ3n) is 4.15. The Labute approximate surface area is 204 Å². The molecular formula is C22H14Br2CdO4. The van der Waals surface area contributed by atoms with Gasteiger partial charge in [0.25, 0.3) is 0 Å². The summed E-state index contributed by atoms with van der Waals surface area (Å²) in [5.74, 6) is -1.79. The zero-order chi connectivity index (χ0) is 20.3. The van der Waals surface area contributed by atoms with Gasteiger partial charge in [-0.05, 0) is 57.9 Å². The van der Waals surface area contributed by atoms with Crippen LogP contribution in [0.1, 0.15) is 20.7 Å². The van der Waals surface area contributed by atoms with Crippen LogP contribution in [0.25, 0.3) is 21.5 Å². The van der Waals surface area contributed by atoms with E-state index in [2.05, 4.69) is 31.9 Å². The van der Waals surface area contributed by atoms with E-state index in [9.17, 15) is 9.59 Å². The smallest absolute Gasteiger partial charge is 0.335 e. The van der Waals surface area contributed by atoms with Gasteiger partial charge >= 0.3 is 11.9 Å². The minimum absolute atomic E-state index is 0. The first-order chi connectivity index (χ1) is 13.4. The second-order valence-corrected chi connectivity index (χ2v) is 7.67. The van der Waals surface area contributed by atoms with E-state index in [1.165, 1.54) is 0 Å². The van der Waals surface area contributed by atoms with E-state index in [1.807, 2.05) is 48.5 Å². The Morgan fingerprint density at radius 2 is 1.00 bits per heavy atom. The Kier molecular flexibility index (Phi) is 8.36. The number of benzene rings is 4. The zero-order valence-electron chi connectivity index (χ0n) is 15.1. The molecule has 4 rings (SSSR count). The first-order valence-electron chi connectivity index (χ1n) is 8.20. The molecule has 7 heteroatoms. The molecule has 2 N–H and O–H groups in total. The summed E-state index contributed by atoms with van der Waals surface area (Å²) in [7, 11) is 0. The number of carbonyl (C=O) groups is 2. The molecule has 0 aliphatic heterocycles. The predicted molar refractivity (Wildman–Crippen MR) is 117 cm³/mol. The summed E-state index contributed by atoms with van der Waals surface area (Å²) in [6.07, 6.45) is 0. The number of carboxylic acids is 2. The maximum Gasteiger partial charge on any atom is 0.335 e. The molecule has 0 heterocycles. The van der Waals surface area contributed by atoms with Gasteiger partial charge in [-0.25, -0.2) is 9.59 Å².